The van der Waals surface area contributed by atoms with Crippen LogP contribution in [0.3, 0.4) is 0 Å². The number of nitrogens with two attached hydrogens (primary N) is 1. The van der Waals surface area contributed by atoms with Gasteiger partial charge in [0.1, 0.15) is 5.54 Å². The molecule has 38 heavy (non-hydrogen) atoms. The van der Waals surface area contributed by atoms with Crippen molar-refractivity contribution in [3.8, 4) is 0 Å². The smallest absolute Gasteiger partial charge is 0.408 e. The zero-order valence-electron chi connectivity index (χ0n) is 22.3. The molecule has 1 unspecified atom stereocenters. The Morgan fingerprint density at radius 2 is 1.71 bits per heavy atom. The summed E-state index contributed by atoms with van der Waals surface area (Å²) in [6, 6.07) is 14.2. The average molecular weight is 548 g/mol. The molecule has 1 heterocycles. The van der Waals surface area contributed by atoms with Crippen LogP contribution in [-0.4, -0.2) is 79.5 Å². The summed E-state index contributed by atoms with van der Waals surface area (Å²) in [7, 11) is 0. The second-order valence-corrected chi connectivity index (χ2v) is 9.65. The molecule has 0 saturated carbocycles. The first-order valence-electron chi connectivity index (χ1n) is 12.9. The van der Waals surface area contributed by atoms with Crippen LogP contribution in [0.25, 0.3) is 0 Å². The molecule has 0 radical (unpaired) electrons. The van der Waals surface area contributed by atoms with Crippen LogP contribution in [0, 0.1) is 0 Å². The summed E-state index contributed by atoms with van der Waals surface area (Å²) < 4.78 is 18.0. The van der Waals surface area contributed by atoms with Crippen molar-refractivity contribution in [3.63, 3.8) is 0 Å². The van der Waals surface area contributed by atoms with Gasteiger partial charge in [-0.25, -0.2) is 4.79 Å². The number of benzene rings is 2. The predicted octanol–water partition coefficient (Wildman–Crippen LogP) is 4.02. The van der Waals surface area contributed by atoms with Crippen molar-refractivity contribution >= 4 is 23.6 Å². The van der Waals surface area contributed by atoms with Gasteiger partial charge in [-0.15, -0.1) is 0 Å². The standard InChI is InChI=1S/C28H38ClN3O6/c1-4-37-28(38-5-2,21-10-7-6-8-11-21)24-20-22(29)12-13-23(24)27(3,25(30)33)32(26(34)35)15-9-14-31-16-18-36-19-17-31/h6-8,10-13,20H,4-5,9,14-19H2,1-3H3,(H2,30,33)(H,34,35). The molecule has 1 saturated heterocycles. The Bertz CT molecular complexity index is 1070. The van der Waals surface area contributed by atoms with Crippen molar-refractivity contribution in [1.82, 2.24) is 9.80 Å². The van der Waals surface area contributed by atoms with E-state index < -0.39 is 23.3 Å². The summed E-state index contributed by atoms with van der Waals surface area (Å²) in [5.74, 6) is -2.27. The Morgan fingerprint density at radius 3 is 2.26 bits per heavy atom. The van der Waals surface area contributed by atoms with Crippen LogP contribution in [0.4, 0.5) is 4.79 Å². The Labute approximate surface area is 229 Å². The lowest BCUT2D eigenvalue weighted by atomic mass is 9.81. The van der Waals surface area contributed by atoms with Gasteiger partial charge in [0.05, 0.1) is 13.2 Å². The molecule has 1 aliphatic rings. The third kappa shape index (κ3) is 6.30. The van der Waals surface area contributed by atoms with Crippen LogP contribution in [0.1, 0.15) is 43.9 Å². The Balaban J connectivity index is 2.14. The molecule has 2 amide bonds. The number of morpholine rings is 1. The third-order valence-electron chi connectivity index (χ3n) is 6.92. The van der Waals surface area contributed by atoms with Gasteiger partial charge in [-0.1, -0.05) is 48.0 Å². The highest BCUT2D eigenvalue weighted by Gasteiger charge is 2.49. The van der Waals surface area contributed by atoms with Crippen LogP contribution in [0.15, 0.2) is 48.5 Å². The maximum Gasteiger partial charge on any atom is 0.408 e. The van der Waals surface area contributed by atoms with Crippen LogP contribution in [-0.2, 0) is 30.3 Å². The first-order valence-corrected chi connectivity index (χ1v) is 13.3. The fraction of sp³-hybridized carbons (Fsp3) is 0.500. The van der Waals surface area contributed by atoms with Crippen molar-refractivity contribution in [3.05, 3.63) is 70.2 Å². The lowest BCUT2D eigenvalue weighted by Crippen LogP contribution is -2.57. The molecule has 3 rings (SSSR count). The zero-order valence-corrected chi connectivity index (χ0v) is 23.1. The number of primary amides is 1. The maximum atomic E-state index is 13.2. The highest BCUT2D eigenvalue weighted by Crippen LogP contribution is 2.43. The summed E-state index contributed by atoms with van der Waals surface area (Å²) in [4.78, 5) is 29.2. The van der Waals surface area contributed by atoms with E-state index in [0.29, 0.717) is 47.9 Å². The van der Waals surface area contributed by atoms with E-state index in [1.165, 1.54) is 6.92 Å². The van der Waals surface area contributed by atoms with Gasteiger partial charge in [0, 0.05) is 55.5 Å². The molecule has 0 spiro atoms. The molecule has 3 N–H and O–H groups in total. The SMILES string of the molecule is CCOC(OCC)(c1ccccc1)c1cc(Cl)ccc1C(C)(C(N)=O)N(CCCN1CCOCC1)C(=O)O. The molecule has 0 aliphatic carbocycles. The first kappa shape index (κ1) is 29.9. The number of carboxylic acid groups (broad SMARTS) is 1. The first-order chi connectivity index (χ1) is 18.2. The van der Waals surface area contributed by atoms with Crippen LogP contribution in [0.2, 0.25) is 5.02 Å². The Kier molecular flexibility index (Phi) is 10.5. The van der Waals surface area contributed by atoms with Gasteiger partial charge in [-0.2, -0.15) is 0 Å². The van der Waals surface area contributed by atoms with Gasteiger partial charge in [-0.05, 0) is 44.9 Å². The number of rotatable bonds is 13. The average Bonchev–Trinajstić information content (AvgIpc) is 2.91. The Hall–Kier alpha value is -2.69. The van der Waals surface area contributed by atoms with E-state index in [4.69, 9.17) is 31.5 Å². The van der Waals surface area contributed by atoms with Gasteiger partial charge < -0.3 is 25.1 Å². The van der Waals surface area contributed by atoms with E-state index in [9.17, 15) is 14.7 Å². The van der Waals surface area contributed by atoms with Gasteiger partial charge in [0.2, 0.25) is 11.7 Å². The number of hydrogen-bond donors (Lipinski definition) is 2. The second kappa shape index (κ2) is 13.4. The summed E-state index contributed by atoms with van der Waals surface area (Å²) >= 11 is 6.48. The molecule has 2 aromatic carbocycles. The molecule has 10 heteroatoms. The molecule has 0 aromatic heterocycles. The number of hydrogen-bond acceptors (Lipinski definition) is 6. The van der Waals surface area contributed by atoms with Crippen LogP contribution in [0.5, 0.6) is 0 Å². The number of nitrogens with zero attached hydrogens (tertiary/aromatic N) is 2. The highest BCUT2D eigenvalue weighted by atomic mass is 35.5. The van der Waals surface area contributed by atoms with Gasteiger partial charge in [0.15, 0.2) is 0 Å². The van der Waals surface area contributed by atoms with Gasteiger partial charge in [0.25, 0.3) is 0 Å². The van der Waals surface area contributed by atoms with Crippen molar-refractivity contribution in [1.29, 1.82) is 0 Å². The zero-order chi connectivity index (χ0) is 27.8. The lowest BCUT2D eigenvalue weighted by Gasteiger charge is -2.42. The van der Waals surface area contributed by atoms with Gasteiger partial charge in [-0.3, -0.25) is 14.6 Å². The van der Waals surface area contributed by atoms with Gasteiger partial charge >= 0.3 is 6.09 Å². The topological polar surface area (TPSA) is 115 Å². The molecule has 0 bridgehead atoms. The Morgan fingerprint density at radius 1 is 1.08 bits per heavy atom. The summed E-state index contributed by atoms with van der Waals surface area (Å²) in [6.45, 7) is 9.36. The van der Waals surface area contributed by atoms with Crippen molar-refractivity contribution in [2.45, 2.75) is 38.5 Å². The number of halogens is 1. The summed E-state index contributed by atoms with van der Waals surface area (Å²) in [6.07, 6.45) is -0.744. The molecule has 9 nitrogen and oxygen atoms in total. The van der Waals surface area contributed by atoms with E-state index in [0.717, 1.165) is 18.0 Å². The molecule has 2 aromatic rings. The van der Waals surface area contributed by atoms with Crippen molar-refractivity contribution < 1.29 is 28.9 Å². The fourth-order valence-electron chi connectivity index (χ4n) is 5.00. The monoisotopic (exact) mass is 547 g/mol. The maximum absolute atomic E-state index is 13.2. The third-order valence-corrected chi connectivity index (χ3v) is 7.16. The molecule has 1 atom stereocenters. The number of amides is 2. The van der Waals surface area contributed by atoms with Crippen LogP contribution >= 0.6 is 11.6 Å². The molecule has 1 aliphatic heterocycles. The van der Waals surface area contributed by atoms with E-state index in [1.54, 1.807) is 18.2 Å². The second-order valence-electron chi connectivity index (χ2n) is 9.22. The molecule has 1 fully saturated rings. The van der Waals surface area contributed by atoms with Crippen molar-refractivity contribution in [2.24, 2.45) is 5.73 Å². The minimum Gasteiger partial charge on any atom is -0.465 e. The largest absolute Gasteiger partial charge is 0.465 e. The summed E-state index contributed by atoms with van der Waals surface area (Å²) in [5, 5.41) is 10.7. The molecular formula is C28H38ClN3O6. The minimum absolute atomic E-state index is 0.0931. The lowest BCUT2D eigenvalue weighted by molar-refractivity contribution is -0.214. The normalized spacial score (nSPS) is 16.1. The van der Waals surface area contributed by atoms with E-state index in [1.807, 2.05) is 44.2 Å². The molecular weight excluding hydrogens is 510 g/mol. The number of carbonyl (C=O) groups is 2. The van der Waals surface area contributed by atoms with E-state index >= 15 is 0 Å². The number of ether oxygens (including phenoxy) is 3. The fourth-order valence-corrected chi connectivity index (χ4v) is 5.17. The van der Waals surface area contributed by atoms with Crippen LogP contribution < -0.4 is 5.73 Å². The molecule has 208 valence electrons. The van der Waals surface area contributed by atoms with E-state index in [2.05, 4.69) is 4.90 Å². The number of carbonyl (C=O) groups excluding carboxylic acids is 1. The summed E-state index contributed by atoms with van der Waals surface area (Å²) in [5.41, 5.74) is 5.70. The van der Waals surface area contributed by atoms with Crippen molar-refractivity contribution in [2.75, 3.05) is 52.6 Å². The quantitative estimate of drug-likeness (QED) is 0.364. The highest BCUT2D eigenvalue weighted by molar-refractivity contribution is 6.30. The predicted molar refractivity (Wildman–Crippen MR) is 145 cm³/mol. The van der Waals surface area contributed by atoms with E-state index in [-0.39, 0.29) is 19.8 Å². The minimum atomic E-state index is -1.75.